The Labute approximate surface area is 218 Å². The largest absolute Gasteiger partial charge is 0.496 e. The first-order valence-corrected chi connectivity index (χ1v) is 13.2. The van der Waals surface area contributed by atoms with E-state index in [-0.39, 0.29) is 18.1 Å². The minimum absolute atomic E-state index is 0.182. The van der Waals surface area contributed by atoms with Crippen molar-refractivity contribution in [2.75, 3.05) is 14.2 Å². The highest BCUT2D eigenvalue weighted by Gasteiger charge is 2.45. The van der Waals surface area contributed by atoms with Gasteiger partial charge in [-0.15, -0.1) is 0 Å². The molecular weight excluding hydrogens is 529 g/mol. The van der Waals surface area contributed by atoms with Gasteiger partial charge < -0.3 is 14.2 Å². The number of benzene rings is 3. The van der Waals surface area contributed by atoms with Crippen molar-refractivity contribution >= 4 is 13.2 Å². The average Bonchev–Trinajstić information content (AvgIpc) is 3.21. The van der Waals surface area contributed by atoms with Gasteiger partial charge in [-0.2, -0.15) is 26.3 Å². The summed E-state index contributed by atoms with van der Waals surface area (Å²) in [6.45, 7) is 5.95. The fraction of sp³-hybridized carbons (Fsp3) is 0.357. The Morgan fingerprint density at radius 2 is 1.42 bits per heavy atom. The minimum atomic E-state index is -4.96. The van der Waals surface area contributed by atoms with E-state index in [2.05, 4.69) is 0 Å². The summed E-state index contributed by atoms with van der Waals surface area (Å²) in [5, 5.41) is 0.434. The van der Waals surface area contributed by atoms with E-state index in [0.717, 1.165) is 16.9 Å². The fourth-order valence-electron chi connectivity index (χ4n) is 4.81. The van der Waals surface area contributed by atoms with Gasteiger partial charge in [0.05, 0.1) is 30.9 Å². The molecule has 0 unspecified atom stereocenters. The van der Waals surface area contributed by atoms with Crippen LogP contribution in [-0.2, 0) is 18.8 Å². The van der Waals surface area contributed by atoms with Crippen molar-refractivity contribution in [1.29, 1.82) is 0 Å². The highest BCUT2D eigenvalue weighted by molar-refractivity contribution is 7.68. The lowest BCUT2D eigenvalue weighted by molar-refractivity contribution is -0.143. The summed E-state index contributed by atoms with van der Waals surface area (Å²) in [4.78, 5) is 0. The molecular formula is C28H27F6O3P. The summed E-state index contributed by atoms with van der Waals surface area (Å²) in [5.74, 6) is 0.959. The number of rotatable bonds is 5. The standard InChI is InChI=1S/C28H27F6O3P/c1-26(2,3)38-23(14-16-12-13-17(27(29,30)31)15-19(16)28(32,33)34)37-22-11-6-8-18(25(22)38)24-20(35-4)9-7-10-21(24)36-5/h6-13,15,23H,14H2,1-5H3/t23-,38-/m0/s1. The molecule has 0 spiro atoms. The molecule has 38 heavy (non-hydrogen) atoms. The van der Waals surface area contributed by atoms with Crippen LogP contribution in [0, 0.1) is 0 Å². The SMILES string of the molecule is COc1cccc(OC)c1-c1cccc2c1[P@@](C(C)(C)C)[C@@H](Cc1ccc(C(F)(F)F)cc1C(F)(F)F)O2. The first-order chi connectivity index (χ1) is 17.7. The first kappa shape index (κ1) is 28.1. The third-order valence-corrected chi connectivity index (χ3v) is 9.60. The lowest BCUT2D eigenvalue weighted by atomic mass is 10.0. The monoisotopic (exact) mass is 556 g/mol. The summed E-state index contributed by atoms with van der Waals surface area (Å²) >= 11 is 0. The van der Waals surface area contributed by atoms with E-state index >= 15 is 0 Å². The Hall–Kier alpha value is -2.93. The zero-order valence-corrected chi connectivity index (χ0v) is 22.3. The van der Waals surface area contributed by atoms with Crippen LogP contribution in [-0.4, -0.2) is 25.2 Å². The Bertz CT molecular complexity index is 1310. The maximum absolute atomic E-state index is 13.9. The van der Waals surface area contributed by atoms with Gasteiger partial charge in [0.25, 0.3) is 0 Å². The molecule has 1 heterocycles. The van der Waals surface area contributed by atoms with Crippen LogP contribution in [0.4, 0.5) is 26.3 Å². The molecule has 10 heteroatoms. The Balaban J connectivity index is 1.85. The predicted molar refractivity (Wildman–Crippen MR) is 136 cm³/mol. The van der Waals surface area contributed by atoms with Crippen LogP contribution in [0.2, 0.25) is 0 Å². The molecule has 0 bridgehead atoms. The maximum Gasteiger partial charge on any atom is 0.416 e. The fourth-order valence-corrected chi connectivity index (χ4v) is 8.04. The number of methoxy groups -OCH3 is 2. The number of halogens is 6. The third kappa shape index (κ3) is 5.31. The van der Waals surface area contributed by atoms with Gasteiger partial charge in [-0.25, -0.2) is 0 Å². The van der Waals surface area contributed by atoms with Crippen LogP contribution in [0.25, 0.3) is 11.1 Å². The van der Waals surface area contributed by atoms with E-state index in [1.165, 1.54) is 14.2 Å². The van der Waals surface area contributed by atoms with Crippen molar-refractivity contribution in [1.82, 2.24) is 0 Å². The van der Waals surface area contributed by atoms with Gasteiger partial charge >= 0.3 is 12.4 Å². The molecule has 3 aromatic rings. The summed E-state index contributed by atoms with van der Waals surface area (Å²) < 4.78 is 98.8. The Kier molecular flexibility index (Phi) is 7.38. The first-order valence-electron chi connectivity index (χ1n) is 11.7. The maximum atomic E-state index is 13.9. The Morgan fingerprint density at radius 3 is 1.95 bits per heavy atom. The lowest BCUT2D eigenvalue weighted by Crippen LogP contribution is -2.27. The van der Waals surface area contributed by atoms with Gasteiger partial charge in [0, 0.05) is 17.3 Å². The highest BCUT2D eigenvalue weighted by Crippen LogP contribution is 2.61. The molecule has 0 saturated carbocycles. The molecule has 3 nitrogen and oxygen atoms in total. The molecule has 0 aromatic heterocycles. The number of ether oxygens (including phenoxy) is 3. The second kappa shape index (κ2) is 9.99. The van der Waals surface area contributed by atoms with Crippen LogP contribution in [0.5, 0.6) is 17.2 Å². The van der Waals surface area contributed by atoms with Gasteiger partial charge in [-0.3, -0.25) is 0 Å². The van der Waals surface area contributed by atoms with Crippen molar-refractivity contribution in [3.05, 3.63) is 71.3 Å². The van der Waals surface area contributed by atoms with E-state index in [1.807, 2.05) is 26.8 Å². The Morgan fingerprint density at radius 1 is 0.816 bits per heavy atom. The van der Waals surface area contributed by atoms with Crippen molar-refractivity contribution in [3.8, 4) is 28.4 Å². The summed E-state index contributed by atoms with van der Waals surface area (Å²) in [6, 6.07) is 12.6. The molecule has 0 N–H and O–H groups in total. The molecule has 1 aliphatic rings. The van der Waals surface area contributed by atoms with Gasteiger partial charge in [-0.1, -0.05) is 45.0 Å². The molecule has 0 saturated heterocycles. The van der Waals surface area contributed by atoms with Crippen molar-refractivity contribution in [3.63, 3.8) is 0 Å². The molecule has 0 amide bonds. The number of hydrogen-bond acceptors (Lipinski definition) is 3. The zero-order valence-electron chi connectivity index (χ0n) is 21.4. The van der Waals surface area contributed by atoms with E-state index in [1.54, 1.807) is 30.3 Å². The predicted octanol–water partition coefficient (Wildman–Crippen LogP) is 8.28. The van der Waals surface area contributed by atoms with E-state index < -0.39 is 42.4 Å². The summed E-state index contributed by atoms with van der Waals surface area (Å²) in [5.41, 5.74) is -1.41. The van der Waals surface area contributed by atoms with Gasteiger partial charge in [0.1, 0.15) is 23.1 Å². The second-order valence-electron chi connectivity index (χ2n) is 9.87. The third-order valence-electron chi connectivity index (χ3n) is 6.35. The number of fused-ring (bicyclic) bond motifs is 1. The van der Waals surface area contributed by atoms with Crippen molar-refractivity contribution in [2.24, 2.45) is 0 Å². The molecule has 0 aliphatic carbocycles. The molecule has 0 fully saturated rings. The molecule has 204 valence electrons. The van der Waals surface area contributed by atoms with Crippen LogP contribution in [0.3, 0.4) is 0 Å². The van der Waals surface area contributed by atoms with E-state index in [4.69, 9.17) is 14.2 Å². The van der Waals surface area contributed by atoms with Gasteiger partial charge in [-0.05, 0) is 49.0 Å². The van der Waals surface area contributed by atoms with Gasteiger partial charge in [0.15, 0.2) is 0 Å². The van der Waals surface area contributed by atoms with Crippen LogP contribution >= 0.6 is 7.92 Å². The van der Waals surface area contributed by atoms with Crippen LogP contribution in [0.1, 0.15) is 37.5 Å². The molecule has 1 aliphatic heterocycles. The van der Waals surface area contributed by atoms with Crippen LogP contribution < -0.4 is 19.5 Å². The second-order valence-corrected chi connectivity index (χ2v) is 13.0. The zero-order chi connectivity index (χ0) is 28.0. The average molecular weight is 556 g/mol. The van der Waals surface area contributed by atoms with E-state index in [0.29, 0.717) is 28.9 Å². The van der Waals surface area contributed by atoms with Crippen LogP contribution in [0.15, 0.2) is 54.6 Å². The molecule has 4 rings (SSSR count). The van der Waals surface area contributed by atoms with Crippen molar-refractivity contribution in [2.45, 2.75) is 50.5 Å². The van der Waals surface area contributed by atoms with Crippen molar-refractivity contribution < 1.29 is 40.6 Å². The quantitative estimate of drug-likeness (QED) is 0.234. The molecule has 0 radical (unpaired) electrons. The minimum Gasteiger partial charge on any atom is -0.496 e. The lowest BCUT2D eigenvalue weighted by Gasteiger charge is -2.33. The van der Waals surface area contributed by atoms with Gasteiger partial charge in [0.2, 0.25) is 0 Å². The molecule has 3 aromatic carbocycles. The summed E-state index contributed by atoms with van der Waals surface area (Å²) in [6.07, 6.45) is -10.0. The van der Waals surface area contributed by atoms with E-state index in [9.17, 15) is 26.3 Å². The number of hydrogen-bond donors (Lipinski definition) is 0. The smallest absolute Gasteiger partial charge is 0.416 e. The number of alkyl halides is 6. The summed E-state index contributed by atoms with van der Waals surface area (Å²) in [7, 11) is 1.81. The topological polar surface area (TPSA) is 27.7 Å². The molecule has 2 atom stereocenters. The highest BCUT2D eigenvalue weighted by atomic mass is 31.1. The normalized spacial score (nSPS) is 17.7.